The van der Waals surface area contributed by atoms with Crippen LogP contribution < -0.4 is 4.90 Å². The molecule has 0 saturated carbocycles. The first-order valence-corrected chi connectivity index (χ1v) is 8.35. The van der Waals surface area contributed by atoms with Crippen molar-refractivity contribution in [2.75, 3.05) is 31.1 Å². The lowest BCUT2D eigenvalue weighted by atomic mass is 10.2. The Kier molecular flexibility index (Phi) is 4.28. The zero-order valence-corrected chi connectivity index (χ0v) is 13.9. The number of fused-ring (bicyclic) bond motifs is 1. The third kappa shape index (κ3) is 3.37. The molecule has 1 saturated heterocycles. The van der Waals surface area contributed by atoms with Crippen molar-refractivity contribution in [3.8, 4) is 0 Å². The van der Waals surface area contributed by atoms with Gasteiger partial charge in [0.05, 0.1) is 0 Å². The van der Waals surface area contributed by atoms with Crippen LogP contribution in [0.1, 0.15) is 11.4 Å². The van der Waals surface area contributed by atoms with E-state index in [1.807, 2.05) is 29.2 Å². The molecule has 136 valence electrons. The molecule has 1 aromatic carbocycles. The predicted octanol–water partition coefficient (Wildman–Crippen LogP) is 3.56. The number of rotatable bonds is 3. The van der Waals surface area contributed by atoms with Crippen molar-refractivity contribution in [2.24, 2.45) is 0 Å². The van der Waals surface area contributed by atoms with E-state index in [1.54, 1.807) is 6.07 Å². The summed E-state index contributed by atoms with van der Waals surface area (Å²) in [5.41, 5.74) is 0.784. The number of aromatic nitrogens is 2. The maximum Gasteiger partial charge on any atom is 0.433 e. The van der Waals surface area contributed by atoms with Gasteiger partial charge in [-0.05, 0) is 24.3 Å². The number of alkyl halides is 3. The van der Waals surface area contributed by atoms with Gasteiger partial charge in [-0.25, -0.2) is 4.98 Å². The monoisotopic (exact) mass is 362 g/mol. The van der Waals surface area contributed by atoms with Gasteiger partial charge in [-0.3, -0.25) is 4.90 Å². The van der Waals surface area contributed by atoms with Gasteiger partial charge in [0.2, 0.25) is 0 Å². The zero-order chi connectivity index (χ0) is 18.1. The minimum absolute atomic E-state index is 0.367. The minimum Gasteiger partial charge on any atom is -0.356 e. The summed E-state index contributed by atoms with van der Waals surface area (Å²) in [6, 6.07) is 11.7. The first-order chi connectivity index (χ1) is 12.5. The molecule has 0 atom stereocenters. The molecule has 4 rings (SSSR count). The summed E-state index contributed by atoms with van der Waals surface area (Å²) in [5, 5.41) is 5.13. The van der Waals surface area contributed by atoms with Crippen molar-refractivity contribution in [3.63, 3.8) is 0 Å². The number of para-hydroxylation sites is 1. The molecule has 3 aromatic rings. The number of piperazine rings is 1. The van der Waals surface area contributed by atoms with Crippen LogP contribution in [0, 0.1) is 0 Å². The van der Waals surface area contributed by atoms with E-state index in [4.69, 9.17) is 4.52 Å². The first kappa shape index (κ1) is 16.8. The number of hydrogen-bond acceptors (Lipinski definition) is 5. The summed E-state index contributed by atoms with van der Waals surface area (Å²) in [7, 11) is 0. The van der Waals surface area contributed by atoms with Gasteiger partial charge >= 0.3 is 6.18 Å². The molecule has 0 amide bonds. The largest absolute Gasteiger partial charge is 0.433 e. The number of benzene rings is 1. The highest BCUT2D eigenvalue weighted by molar-refractivity contribution is 5.79. The Morgan fingerprint density at radius 1 is 0.962 bits per heavy atom. The van der Waals surface area contributed by atoms with Crippen LogP contribution in [-0.2, 0) is 12.7 Å². The van der Waals surface area contributed by atoms with E-state index in [0.29, 0.717) is 25.5 Å². The third-order valence-corrected chi connectivity index (χ3v) is 4.55. The highest BCUT2D eigenvalue weighted by Gasteiger charge is 2.33. The van der Waals surface area contributed by atoms with Gasteiger partial charge in [-0.15, -0.1) is 0 Å². The third-order valence-electron chi connectivity index (χ3n) is 4.55. The molecule has 0 unspecified atom stereocenters. The topological polar surface area (TPSA) is 45.4 Å². The van der Waals surface area contributed by atoms with Crippen LogP contribution in [0.15, 0.2) is 47.0 Å². The molecule has 1 aliphatic heterocycles. The minimum atomic E-state index is -4.42. The highest BCUT2D eigenvalue weighted by atomic mass is 19.4. The van der Waals surface area contributed by atoms with E-state index >= 15 is 0 Å². The van der Waals surface area contributed by atoms with Gasteiger partial charge in [0.15, 0.2) is 5.58 Å². The Hall–Kier alpha value is -2.61. The summed E-state index contributed by atoms with van der Waals surface area (Å²) in [6.07, 6.45) is -4.42. The maximum atomic E-state index is 12.8. The summed E-state index contributed by atoms with van der Waals surface area (Å²) in [4.78, 5) is 7.86. The van der Waals surface area contributed by atoms with Crippen LogP contribution in [0.4, 0.5) is 19.0 Å². The van der Waals surface area contributed by atoms with Crippen LogP contribution in [0.25, 0.3) is 11.0 Å². The van der Waals surface area contributed by atoms with Gasteiger partial charge in [0.1, 0.15) is 17.2 Å². The smallest absolute Gasteiger partial charge is 0.356 e. The maximum absolute atomic E-state index is 12.8. The fourth-order valence-corrected chi connectivity index (χ4v) is 3.16. The highest BCUT2D eigenvalue weighted by Crippen LogP contribution is 2.29. The van der Waals surface area contributed by atoms with Crippen molar-refractivity contribution >= 4 is 16.8 Å². The molecule has 1 aliphatic rings. The SMILES string of the molecule is FC(F)(F)c1cccc(N2CCN(Cc3noc4ccccc34)CC2)n1. The van der Waals surface area contributed by atoms with Gasteiger partial charge in [-0.1, -0.05) is 23.4 Å². The molecule has 1 fully saturated rings. The zero-order valence-electron chi connectivity index (χ0n) is 13.9. The second kappa shape index (κ2) is 6.60. The van der Waals surface area contributed by atoms with E-state index in [-0.39, 0.29) is 0 Å². The molecule has 0 N–H and O–H groups in total. The lowest BCUT2D eigenvalue weighted by molar-refractivity contribution is -0.141. The number of nitrogens with zero attached hydrogens (tertiary/aromatic N) is 4. The van der Waals surface area contributed by atoms with E-state index < -0.39 is 11.9 Å². The molecule has 8 heteroatoms. The molecule has 0 spiro atoms. The standard InChI is InChI=1S/C18H17F3N4O/c19-18(20,21)16-6-3-7-17(22-16)25-10-8-24(9-11-25)12-14-13-4-1-2-5-15(13)26-23-14/h1-7H,8-12H2. The average molecular weight is 362 g/mol. The Labute approximate surface area is 148 Å². The van der Waals surface area contributed by atoms with E-state index in [2.05, 4.69) is 15.0 Å². The fourth-order valence-electron chi connectivity index (χ4n) is 3.16. The Morgan fingerprint density at radius 2 is 1.73 bits per heavy atom. The van der Waals surface area contributed by atoms with Crippen molar-refractivity contribution in [3.05, 3.63) is 53.9 Å². The average Bonchev–Trinajstić information content (AvgIpc) is 3.05. The van der Waals surface area contributed by atoms with E-state index in [9.17, 15) is 13.2 Å². The second-order valence-corrected chi connectivity index (χ2v) is 6.27. The molecule has 0 bridgehead atoms. The normalized spacial score (nSPS) is 16.3. The number of halogens is 3. The van der Waals surface area contributed by atoms with Crippen molar-refractivity contribution in [1.82, 2.24) is 15.0 Å². The van der Waals surface area contributed by atoms with E-state index in [0.717, 1.165) is 35.8 Å². The summed E-state index contributed by atoms with van der Waals surface area (Å²) in [6.45, 7) is 3.33. The summed E-state index contributed by atoms with van der Waals surface area (Å²) >= 11 is 0. The molecule has 5 nitrogen and oxygen atoms in total. The Morgan fingerprint density at radius 3 is 2.50 bits per heavy atom. The van der Waals surface area contributed by atoms with Gasteiger partial charge in [0, 0.05) is 38.1 Å². The predicted molar refractivity (Wildman–Crippen MR) is 90.7 cm³/mol. The van der Waals surface area contributed by atoms with Crippen LogP contribution in [-0.4, -0.2) is 41.2 Å². The Balaban J connectivity index is 1.41. The lowest BCUT2D eigenvalue weighted by Gasteiger charge is -2.35. The molecule has 26 heavy (non-hydrogen) atoms. The van der Waals surface area contributed by atoms with Crippen molar-refractivity contribution in [2.45, 2.75) is 12.7 Å². The van der Waals surface area contributed by atoms with Crippen LogP contribution in [0.5, 0.6) is 0 Å². The molecule has 3 heterocycles. The first-order valence-electron chi connectivity index (χ1n) is 8.35. The second-order valence-electron chi connectivity index (χ2n) is 6.27. The molecule has 0 radical (unpaired) electrons. The van der Waals surface area contributed by atoms with Crippen LogP contribution in [0.2, 0.25) is 0 Å². The van der Waals surface area contributed by atoms with Crippen LogP contribution >= 0.6 is 0 Å². The fraction of sp³-hybridized carbons (Fsp3) is 0.333. The molecule has 2 aromatic heterocycles. The van der Waals surface area contributed by atoms with Crippen molar-refractivity contribution in [1.29, 1.82) is 0 Å². The number of hydrogen-bond donors (Lipinski definition) is 0. The summed E-state index contributed by atoms with van der Waals surface area (Å²) in [5.74, 6) is 0.367. The number of anilines is 1. The quantitative estimate of drug-likeness (QED) is 0.713. The van der Waals surface area contributed by atoms with Gasteiger partial charge in [-0.2, -0.15) is 13.2 Å². The Bertz CT molecular complexity index is 901. The number of pyridine rings is 1. The van der Waals surface area contributed by atoms with Crippen LogP contribution in [0.3, 0.4) is 0 Å². The molecular weight excluding hydrogens is 345 g/mol. The van der Waals surface area contributed by atoms with Gasteiger partial charge in [0.25, 0.3) is 0 Å². The van der Waals surface area contributed by atoms with Crippen molar-refractivity contribution < 1.29 is 17.7 Å². The molecular formula is C18H17F3N4O. The molecule has 0 aliphatic carbocycles. The lowest BCUT2D eigenvalue weighted by Crippen LogP contribution is -2.46. The van der Waals surface area contributed by atoms with E-state index in [1.165, 1.54) is 6.07 Å². The van der Waals surface area contributed by atoms with Gasteiger partial charge < -0.3 is 9.42 Å². The summed E-state index contributed by atoms with van der Waals surface area (Å²) < 4.78 is 43.8.